The lowest BCUT2D eigenvalue weighted by atomic mass is 9.87. The topological polar surface area (TPSA) is 23.6 Å². The number of alkyl halides is 3. The lowest BCUT2D eigenvalue weighted by Gasteiger charge is -2.44. The van der Waals surface area contributed by atoms with Crippen LogP contribution in [0.25, 0.3) is 0 Å². The number of carbonyl (C=O) groups is 1. The van der Waals surface area contributed by atoms with Gasteiger partial charge in [0.15, 0.2) is 0 Å². The van der Waals surface area contributed by atoms with E-state index in [4.69, 9.17) is 0 Å². The summed E-state index contributed by atoms with van der Waals surface area (Å²) >= 11 is 0. The first-order chi connectivity index (χ1) is 10.1. The van der Waals surface area contributed by atoms with Gasteiger partial charge in [-0.15, -0.1) is 0 Å². The summed E-state index contributed by atoms with van der Waals surface area (Å²) in [4.78, 5) is 16.6. The Morgan fingerprint density at radius 2 is 1.68 bits per heavy atom. The van der Waals surface area contributed by atoms with Crippen LogP contribution in [0.15, 0.2) is 0 Å². The fourth-order valence-corrected chi connectivity index (χ4v) is 3.53. The molecule has 0 radical (unpaired) electrons. The summed E-state index contributed by atoms with van der Waals surface area (Å²) in [5.74, 6) is -0.335. The normalized spacial score (nSPS) is 28.0. The standard InChI is InChI=1S/C16H27F3N2O/c1-5-11(2)20-9-12-6-7-13(10-20)21(12)14(22)8-15(3,4)16(17,18)19/h11-13H,5-10H2,1-4H3. The van der Waals surface area contributed by atoms with E-state index in [1.807, 2.05) is 0 Å². The van der Waals surface area contributed by atoms with Gasteiger partial charge in [0.05, 0.1) is 5.41 Å². The Bertz CT molecular complexity index is 408. The van der Waals surface area contributed by atoms with Gasteiger partial charge in [-0.2, -0.15) is 13.2 Å². The molecule has 2 aliphatic heterocycles. The zero-order valence-electron chi connectivity index (χ0n) is 13.9. The fourth-order valence-electron chi connectivity index (χ4n) is 3.53. The highest BCUT2D eigenvalue weighted by Crippen LogP contribution is 2.42. The predicted molar refractivity (Wildman–Crippen MR) is 79.4 cm³/mol. The molecule has 2 fully saturated rings. The predicted octanol–water partition coefficient (Wildman–Crippen LogP) is 3.44. The van der Waals surface area contributed by atoms with Crippen molar-refractivity contribution in [1.29, 1.82) is 0 Å². The van der Waals surface area contributed by atoms with Crippen molar-refractivity contribution in [2.75, 3.05) is 13.1 Å². The van der Waals surface area contributed by atoms with E-state index in [9.17, 15) is 18.0 Å². The highest BCUT2D eigenvalue weighted by atomic mass is 19.4. The van der Waals surface area contributed by atoms with Gasteiger partial charge in [-0.05, 0) is 26.2 Å². The van der Waals surface area contributed by atoms with Crippen LogP contribution in [0.5, 0.6) is 0 Å². The first-order valence-electron chi connectivity index (χ1n) is 8.18. The van der Waals surface area contributed by atoms with Crippen LogP contribution in [0, 0.1) is 5.41 Å². The van der Waals surface area contributed by atoms with E-state index in [-0.39, 0.29) is 18.0 Å². The third-order valence-electron chi connectivity index (χ3n) is 5.37. The third kappa shape index (κ3) is 3.26. The van der Waals surface area contributed by atoms with Crippen LogP contribution in [0.2, 0.25) is 0 Å². The zero-order valence-corrected chi connectivity index (χ0v) is 13.9. The number of hydrogen-bond donors (Lipinski definition) is 0. The second kappa shape index (κ2) is 6.02. The molecular formula is C16H27F3N2O. The molecule has 2 aliphatic rings. The summed E-state index contributed by atoms with van der Waals surface area (Å²) < 4.78 is 39.0. The van der Waals surface area contributed by atoms with Gasteiger partial charge in [0, 0.05) is 37.6 Å². The fraction of sp³-hybridized carbons (Fsp3) is 0.938. The van der Waals surface area contributed by atoms with Crippen molar-refractivity contribution in [2.24, 2.45) is 5.41 Å². The number of piperazine rings is 1. The van der Waals surface area contributed by atoms with Gasteiger partial charge in [-0.3, -0.25) is 9.69 Å². The molecule has 1 amide bonds. The second-order valence-corrected chi connectivity index (χ2v) is 7.46. The van der Waals surface area contributed by atoms with Crippen LogP contribution in [-0.2, 0) is 4.79 Å². The number of fused-ring (bicyclic) bond motifs is 2. The summed E-state index contributed by atoms with van der Waals surface area (Å²) in [5, 5.41) is 0. The van der Waals surface area contributed by atoms with Gasteiger partial charge in [-0.1, -0.05) is 20.8 Å². The molecule has 3 unspecified atom stereocenters. The Balaban J connectivity index is 2.04. The number of amides is 1. The Morgan fingerprint density at radius 3 is 2.09 bits per heavy atom. The molecule has 0 aromatic rings. The number of nitrogens with zero attached hydrogens (tertiary/aromatic N) is 2. The lowest BCUT2D eigenvalue weighted by Crippen LogP contribution is -2.58. The maximum atomic E-state index is 13.0. The van der Waals surface area contributed by atoms with E-state index in [2.05, 4.69) is 18.7 Å². The molecule has 0 spiro atoms. The van der Waals surface area contributed by atoms with Gasteiger partial charge in [0.1, 0.15) is 0 Å². The van der Waals surface area contributed by atoms with E-state index >= 15 is 0 Å². The second-order valence-electron chi connectivity index (χ2n) is 7.46. The first kappa shape index (κ1) is 17.6. The van der Waals surface area contributed by atoms with Crippen molar-refractivity contribution in [3.05, 3.63) is 0 Å². The minimum atomic E-state index is -4.35. The van der Waals surface area contributed by atoms with E-state index in [0.29, 0.717) is 6.04 Å². The molecule has 0 aliphatic carbocycles. The Kier molecular flexibility index (Phi) is 4.81. The SMILES string of the molecule is CCC(C)N1CC2CCC(C1)N2C(=O)CC(C)(C)C(F)(F)F. The van der Waals surface area contributed by atoms with Gasteiger partial charge in [0.25, 0.3) is 0 Å². The highest BCUT2D eigenvalue weighted by molar-refractivity contribution is 5.78. The molecule has 22 heavy (non-hydrogen) atoms. The van der Waals surface area contributed by atoms with E-state index in [0.717, 1.165) is 46.2 Å². The molecule has 2 bridgehead atoms. The average molecular weight is 320 g/mol. The number of halogens is 3. The van der Waals surface area contributed by atoms with Crippen molar-refractivity contribution < 1.29 is 18.0 Å². The van der Waals surface area contributed by atoms with Crippen molar-refractivity contribution in [3.63, 3.8) is 0 Å². The number of carbonyl (C=O) groups excluding carboxylic acids is 1. The minimum Gasteiger partial charge on any atom is -0.334 e. The maximum Gasteiger partial charge on any atom is 0.394 e. The summed E-state index contributed by atoms with van der Waals surface area (Å²) in [6, 6.07) is 0.639. The zero-order chi connectivity index (χ0) is 16.7. The molecule has 0 saturated carbocycles. The minimum absolute atomic E-state index is 0.0873. The van der Waals surface area contributed by atoms with Crippen LogP contribution >= 0.6 is 0 Å². The van der Waals surface area contributed by atoms with Crippen molar-refractivity contribution in [2.45, 2.75) is 77.7 Å². The summed E-state index contributed by atoms with van der Waals surface area (Å²) in [5.41, 5.74) is -1.96. The highest BCUT2D eigenvalue weighted by Gasteiger charge is 2.51. The summed E-state index contributed by atoms with van der Waals surface area (Å²) in [6.45, 7) is 8.12. The smallest absolute Gasteiger partial charge is 0.334 e. The molecule has 128 valence electrons. The first-order valence-corrected chi connectivity index (χ1v) is 8.18. The molecular weight excluding hydrogens is 293 g/mol. The monoisotopic (exact) mass is 320 g/mol. The Hall–Kier alpha value is -0.780. The Labute approximate surface area is 130 Å². The number of likely N-dealkylation sites (tertiary alicyclic amines) is 1. The van der Waals surface area contributed by atoms with Crippen LogP contribution in [-0.4, -0.2) is 53.1 Å². The summed E-state index contributed by atoms with van der Waals surface area (Å²) in [6.07, 6.45) is -1.92. The van der Waals surface area contributed by atoms with E-state index in [1.165, 1.54) is 0 Å². The van der Waals surface area contributed by atoms with E-state index in [1.54, 1.807) is 4.90 Å². The largest absolute Gasteiger partial charge is 0.394 e. The molecule has 0 aromatic heterocycles. The molecule has 0 aromatic carbocycles. The summed E-state index contributed by atoms with van der Waals surface area (Å²) in [7, 11) is 0. The molecule has 3 atom stereocenters. The van der Waals surface area contributed by atoms with Crippen LogP contribution in [0.3, 0.4) is 0 Å². The van der Waals surface area contributed by atoms with Gasteiger partial charge < -0.3 is 4.90 Å². The molecule has 0 N–H and O–H groups in total. The molecule has 2 saturated heterocycles. The van der Waals surface area contributed by atoms with Crippen molar-refractivity contribution in [1.82, 2.24) is 9.80 Å². The Morgan fingerprint density at radius 1 is 1.18 bits per heavy atom. The van der Waals surface area contributed by atoms with Crippen molar-refractivity contribution in [3.8, 4) is 0 Å². The molecule has 2 heterocycles. The lowest BCUT2D eigenvalue weighted by molar-refractivity contribution is -0.216. The molecule has 2 rings (SSSR count). The van der Waals surface area contributed by atoms with E-state index < -0.39 is 18.0 Å². The van der Waals surface area contributed by atoms with Crippen LogP contribution < -0.4 is 0 Å². The molecule has 6 heteroatoms. The average Bonchev–Trinajstić information content (AvgIpc) is 2.67. The van der Waals surface area contributed by atoms with Crippen LogP contribution in [0.1, 0.15) is 53.4 Å². The van der Waals surface area contributed by atoms with Gasteiger partial charge >= 0.3 is 6.18 Å². The van der Waals surface area contributed by atoms with Gasteiger partial charge in [-0.25, -0.2) is 0 Å². The quantitative estimate of drug-likeness (QED) is 0.792. The number of rotatable bonds is 4. The third-order valence-corrected chi connectivity index (χ3v) is 5.37. The number of hydrogen-bond acceptors (Lipinski definition) is 2. The van der Waals surface area contributed by atoms with Crippen LogP contribution in [0.4, 0.5) is 13.2 Å². The van der Waals surface area contributed by atoms with Gasteiger partial charge in [0.2, 0.25) is 5.91 Å². The maximum absolute atomic E-state index is 13.0. The molecule has 3 nitrogen and oxygen atoms in total. The van der Waals surface area contributed by atoms with Crippen molar-refractivity contribution >= 4 is 5.91 Å².